The summed E-state index contributed by atoms with van der Waals surface area (Å²) in [7, 11) is 3.22. The van der Waals surface area contributed by atoms with Crippen LogP contribution in [0.25, 0.3) is 11.1 Å². The molecule has 0 radical (unpaired) electrons. The van der Waals surface area contributed by atoms with Gasteiger partial charge in [-0.3, -0.25) is 4.79 Å². The number of hydrogen-bond acceptors (Lipinski definition) is 5. The fourth-order valence-electron chi connectivity index (χ4n) is 2.25. The first-order valence-corrected chi connectivity index (χ1v) is 7.73. The molecule has 0 saturated heterocycles. The number of benzene rings is 1. The van der Waals surface area contributed by atoms with Gasteiger partial charge >= 0.3 is 0 Å². The zero-order chi connectivity index (χ0) is 16.6. The number of oxazole rings is 1. The topological polar surface area (TPSA) is 82.2 Å². The Balaban J connectivity index is 1.82. The summed E-state index contributed by atoms with van der Waals surface area (Å²) in [6.45, 7) is 1.80. The molecule has 0 aliphatic carbocycles. The minimum absolute atomic E-state index is 0.243. The number of hydrogen-bond donors (Lipinski definition) is 1. The average Bonchev–Trinajstić information content (AvgIpc) is 3.08. The lowest BCUT2D eigenvalue weighted by Gasteiger charge is -2.08. The van der Waals surface area contributed by atoms with E-state index in [2.05, 4.69) is 31.3 Å². The lowest BCUT2D eigenvalue weighted by atomic mass is 10.3. The lowest BCUT2D eigenvalue weighted by Crippen LogP contribution is -2.27. The summed E-state index contributed by atoms with van der Waals surface area (Å²) < 4.78 is 12.8. The highest BCUT2D eigenvalue weighted by atomic mass is 79.9. The molecule has 0 spiro atoms. The number of nitrogens with zero attached hydrogens (tertiary/aromatic N) is 3. The molecule has 2 heterocycles. The Morgan fingerprint density at radius 3 is 2.83 bits per heavy atom. The third kappa shape index (κ3) is 2.81. The van der Waals surface area contributed by atoms with Gasteiger partial charge in [-0.25, -0.2) is 9.67 Å². The molecule has 3 aromatic rings. The van der Waals surface area contributed by atoms with E-state index in [4.69, 9.17) is 9.15 Å². The van der Waals surface area contributed by atoms with Gasteiger partial charge in [0.05, 0.1) is 7.11 Å². The van der Waals surface area contributed by atoms with Crippen LogP contribution in [0.2, 0.25) is 0 Å². The zero-order valence-corrected chi connectivity index (χ0v) is 14.4. The van der Waals surface area contributed by atoms with Crippen LogP contribution in [0.15, 0.2) is 33.2 Å². The van der Waals surface area contributed by atoms with Crippen molar-refractivity contribution in [2.45, 2.75) is 13.0 Å². The van der Waals surface area contributed by atoms with Crippen molar-refractivity contribution in [3.05, 3.63) is 40.3 Å². The number of nitrogens with one attached hydrogen (secondary N) is 1. The molecular weight excluding hydrogens is 364 g/mol. The van der Waals surface area contributed by atoms with Crippen molar-refractivity contribution >= 4 is 32.9 Å². The van der Waals surface area contributed by atoms with E-state index in [1.165, 1.54) is 11.8 Å². The molecule has 0 saturated carbocycles. The number of aryl methyl sites for hydroxylation is 1. The summed E-state index contributed by atoms with van der Waals surface area (Å²) in [5, 5.41) is 6.97. The minimum atomic E-state index is -0.394. The van der Waals surface area contributed by atoms with Crippen LogP contribution in [0.1, 0.15) is 29.3 Å². The van der Waals surface area contributed by atoms with Gasteiger partial charge < -0.3 is 14.5 Å². The largest absolute Gasteiger partial charge is 0.480 e. The summed E-state index contributed by atoms with van der Waals surface area (Å²) in [5.41, 5.74) is 1.68. The van der Waals surface area contributed by atoms with E-state index in [0.29, 0.717) is 21.8 Å². The van der Waals surface area contributed by atoms with Crippen molar-refractivity contribution < 1.29 is 13.9 Å². The van der Waals surface area contributed by atoms with Crippen LogP contribution >= 0.6 is 15.9 Å². The first-order chi connectivity index (χ1) is 11.0. The van der Waals surface area contributed by atoms with Crippen LogP contribution in [0.4, 0.5) is 0 Å². The summed E-state index contributed by atoms with van der Waals surface area (Å²) >= 11 is 3.33. The van der Waals surface area contributed by atoms with Crippen LogP contribution in [-0.2, 0) is 7.05 Å². The second-order valence-corrected chi connectivity index (χ2v) is 5.80. The van der Waals surface area contributed by atoms with Crippen LogP contribution in [0.5, 0.6) is 5.88 Å². The van der Waals surface area contributed by atoms with Crippen molar-refractivity contribution in [3.63, 3.8) is 0 Å². The van der Waals surface area contributed by atoms with Crippen LogP contribution in [0, 0.1) is 0 Å². The van der Waals surface area contributed by atoms with Gasteiger partial charge in [-0.15, -0.1) is 0 Å². The second-order valence-electron chi connectivity index (χ2n) is 5.01. The molecule has 8 heteroatoms. The molecule has 0 aliphatic rings. The highest BCUT2D eigenvalue weighted by molar-refractivity contribution is 9.10. The molecule has 0 aliphatic heterocycles. The van der Waals surface area contributed by atoms with E-state index in [-0.39, 0.29) is 11.6 Å². The van der Waals surface area contributed by atoms with Crippen molar-refractivity contribution in [2.75, 3.05) is 7.11 Å². The molecule has 1 amide bonds. The maximum atomic E-state index is 12.4. The van der Waals surface area contributed by atoms with E-state index in [1.54, 1.807) is 14.0 Å². The molecule has 0 bridgehead atoms. The van der Waals surface area contributed by atoms with Gasteiger partial charge in [0, 0.05) is 7.05 Å². The van der Waals surface area contributed by atoms with Crippen molar-refractivity contribution in [1.29, 1.82) is 0 Å². The van der Waals surface area contributed by atoms with E-state index >= 15 is 0 Å². The molecule has 1 atom stereocenters. The fourth-order valence-corrected chi connectivity index (χ4v) is 2.93. The van der Waals surface area contributed by atoms with Gasteiger partial charge in [0.25, 0.3) is 5.91 Å². The van der Waals surface area contributed by atoms with Crippen molar-refractivity contribution in [3.8, 4) is 5.88 Å². The van der Waals surface area contributed by atoms with E-state index in [9.17, 15) is 4.79 Å². The molecule has 1 N–H and O–H groups in total. The maximum absolute atomic E-state index is 12.4. The Hall–Kier alpha value is -2.35. The quantitative estimate of drug-likeness (QED) is 0.754. The molecule has 7 nitrogen and oxygen atoms in total. The Kier molecular flexibility index (Phi) is 4.08. The molecule has 23 heavy (non-hydrogen) atoms. The molecule has 1 unspecified atom stereocenters. The first kappa shape index (κ1) is 15.5. The Bertz CT molecular complexity index is 838. The Labute approximate surface area is 140 Å². The van der Waals surface area contributed by atoms with Crippen LogP contribution < -0.4 is 10.1 Å². The normalized spacial score (nSPS) is 12.3. The zero-order valence-electron chi connectivity index (χ0n) is 12.8. The molecular formula is C15H15BrN4O3. The summed E-state index contributed by atoms with van der Waals surface area (Å²) in [6.07, 6.45) is 0. The van der Waals surface area contributed by atoms with Gasteiger partial charge in [0.1, 0.15) is 16.0 Å². The summed E-state index contributed by atoms with van der Waals surface area (Å²) in [5.74, 6) is 0.578. The molecule has 1 aromatic carbocycles. The average molecular weight is 379 g/mol. The highest BCUT2D eigenvalue weighted by Gasteiger charge is 2.23. The number of fused-ring (bicyclic) bond motifs is 1. The Morgan fingerprint density at radius 1 is 1.43 bits per heavy atom. The lowest BCUT2D eigenvalue weighted by molar-refractivity contribution is 0.0928. The highest BCUT2D eigenvalue weighted by Crippen LogP contribution is 2.28. The van der Waals surface area contributed by atoms with Crippen molar-refractivity contribution in [1.82, 2.24) is 20.1 Å². The van der Waals surface area contributed by atoms with Gasteiger partial charge in [0.15, 0.2) is 11.3 Å². The van der Waals surface area contributed by atoms with E-state index in [0.717, 1.165) is 5.52 Å². The number of halogens is 1. The number of ether oxygens (including phenoxy) is 1. The van der Waals surface area contributed by atoms with Crippen LogP contribution in [0.3, 0.4) is 0 Å². The van der Waals surface area contributed by atoms with E-state index in [1.807, 2.05) is 24.3 Å². The monoisotopic (exact) mass is 378 g/mol. The molecule has 3 rings (SSSR count). The number of rotatable bonds is 4. The van der Waals surface area contributed by atoms with Crippen LogP contribution in [-0.4, -0.2) is 27.8 Å². The maximum Gasteiger partial charge on any atom is 0.273 e. The van der Waals surface area contributed by atoms with Gasteiger partial charge in [-0.1, -0.05) is 12.1 Å². The SMILES string of the molecule is COc1c(Br)c(C(=O)NC(C)c2nc3ccccc3o2)nn1C. The summed E-state index contributed by atoms with van der Waals surface area (Å²) in [6, 6.07) is 7.06. The number of aromatic nitrogens is 3. The number of carbonyl (C=O) groups is 1. The second kappa shape index (κ2) is 6.04. The third-order valence-corrected chi connectivity index (χ3v) is 4.09. The van der Waals surface area contributed by atoms with Gasteiger partial charge in [-0.05, 0) is 35.0 Å². The first-order valence-electron chi connectivity index (χ1n) is 6.94. The predicted octanol–water partition coefficient (Wildman–Crippen LogP) is 2.82. The molecule has 2 aromatic heterocycles. The van der Waals surface area contributed by atoms with Crippen molar-refractivity contribution in [2.24, 2.45) is 7.05 Å². The van der Waals surface area contributed by atoms with E-state index < -0.39 is 6.04 Å². The third-order valence-electron chi connectivity index (χ3n) is 3.38. The number of para-hydroxylation sites is 2. The smallest absolute Gasteiger partial charge is 0.273 e. The number of methoxy groups -OCH3 is 1. The summed E-state index contributed by atoms with van der Waals surface area (Å²) in [4.78, 5) is 16.8. The van der Waals surface area contributed by atoms with Gasteiger partial charge in [0.2, 0.25) is 11.8 Å². The predicted molar refractivity (Wildman–Crippen MR) is 87.4 cm³/mol. The molecule has 120 valence electrons. The van der Waals surface area contributed by atoms with Gasteiger partial charge in [-0.2, -0.15) is 5.10 Å². The standard InChI is InChI=1S/C15H15BrN4O3/c1-8(14-18-9-6-4-5-7-10(9)23-14)17-13(21)12-11(16)15(22-3)20(2)19-12/h4-8H,1-3H3,(H,17,21). The number of carbonyl (C=O) groups excluding carboxylic acids is 1. The number of amides is 1. The Morgan fingerprint density at radius 2 is 2.17 bits per heavy atom. The molecule has 0 fully saturated rings. The minimum Gasteiger partial charge on any atom is -0.480 e. The fraction of sp³-hybridized carbons (Fsp3) is 0.267.